The number of carboxylic acid groups (broad SMARTS) is 1. The van der Waals surface area contributed by atoms with Gasteiger partial charge < -0.3 is 15.3 Å². The molecule has 2 amide bonds. The molecular weight excluding hydrogens is 220 g/mol. The molecule has 2 atom stereocenters. The van der Waals surface area contributed by atoms with Crippen molar-refractivity contribution < 1.29 is 14.7 Å². The maximum Gasteiger partial charge on any atom is 0.317 e. The minimum atomic E-state index is -0.803. The van der Waals surface area contributed by atoms with Crippen molar-refractivity contribution in [2.24, 2.45) is 11.8 Å². The standard InChI is InChI=1S/C12H20N2O3/c1-8-6-14(7-9(8)10(15)16)11(17)13-12(2)4-3-5-12/h8-9H,3-7H2,1-2H3,(H,13,17)(H,15,16)/t8-,9-/m1/s1. The van der Waals surface area contributed by atoms with Gasteiger partial charge in [-0.2, -0.15) is 0 Å². The second-order valence-corrected chi connectivity index (χ2v) is 5.67. The maximum absolute atomic E-state index is 12.0. The first-order valence-corrected chi connectivity index (χ1v) is 6.21. The van der Waals surface area contributed by atoms with E-state index in [1.54, 1.807) is 4.90 Å². The van der Waals surface area contributed by atoms with Crippen LogP contribution in [0.15, 0.2) is 0 Å². The maximum atomic E-state index is 12.0. The van der Waals surface area contributed by atoms with Crippen molar-refractivity contribution in [1.82, 2.24) is 10.2 Å². The summed E-state index contributed by atoms with van der Waals surface area (Å²) < 4.78 is 0. The topological polar surface area (TPSA) is 69.6 Å². The molecule has 96 valence electrons. The van der Waals surface area contributed by atoms with Crippen LogP contribution < -0.4 is 5.32 Å². The van der Waals surface area contributed by atoms with Crippen molar-refractivity contribution in [3.05, 3.63) is 0 Å². The van der Waals surface area contributed by atoms with Crippen LogP contribution in [0.25, 0.3) is 0 Å². The number of hydrogen-bond donors (Lipinski definition) is 2. The number of urea groups is 1. The molecule has 0 aromatic heterocycles. The monoisotopic (exact) mass is 240 g/mol. The van der Waals surface area contributed by atoms with Gasteiger partial charge in [0.2, 0.25) is 0 Å². The lowest BCUT2D eigenvalue weighted by atomic mass is 9.79. The summed E-state index contributed by atoms with van der Waals surface area (Å²) in [5.41, 5.74) is -0.0678. The summed E-state index contributed by atoms with van der Waals surface area (Å²) in [5.74, 6) is -1.19. The Morgan fingerprint density at radius 3 is 2.41 bits per heavy atom. The minimum Gasteiger partial charge on any atom is -0.481 e. The van der Waals surface area contributed by atoms with Crippen LogP contribution in [0.4, 0.5) is 4.79 Å². The lowest BCUT2D eigenvalue weighted by molar-refractivity contribution is -0.142. The Labute approximate surface area is 101 Å². The van der Waals surface area contributed by atoms with Gasteiger partial charge in [-0.1, -0.05) is 6.92 Å². The Balaban J connectivity index is 1.91. The van der Waals surface area contributed by atoms with Crippen LogP contribution in [-0.2, 0) is 4.79 Å². The Morgan fingerprint density at radius 2 is 2.00 bits per heavy atom. The van der Waals surface area contributed by atoms with E-state index in [1.165, 1.54) is 0 Å². The van der Waals surface area contributed by atoms with Gasteiger partial charge in [0.15, 0.2) is 0 Å². The molecule has 1 saturated heterocycles. The SMILES string of the molecule is C[C@@H]1CN(C(=O)NC2(C)CCC2)C[C@H]1C(=O)O. The number of hydrogen-bond acceptors (Lipinski definition) is 2. The van der Waals surface area contributed by atoms with Gasteiger partial charge in [0, 0.05) is 18.6 Å². The molecule has 2 fully saturated rings. The molecule has 1 aliphatic carbocycles. The smallest absolute Gasteiger partial charge is 0.317 e. The minimum absolute atomic E-state index is 0.0347. The fourth-order valence-corrected chi connectivity index (χ4v) is 2.62. The number of nitrogens with zero attached hydrogens (tertiary/aromatic N) is 1. The Hall–Kier alpha value is -1.26. The molecule has 1 saturated carbocycles. The van der Waals surface area contributed by atoms with Crippen molar-refractivity contribution in [2.45, 2.75) is 38.6 Å². The number of likely N-dealkylation sites (tertiary alicyclic amines) is 1. The van der Waals surface area contributed by atoms with Crippen molar-refractivity contribution in [1.29, 1.82) is 0 Å². The molecule has 1 heterocycles. The molecule has 0 aromatic rings. The predicted molar refractivity (Wildman–Crippen MR) is 62.7 cm³/mol. The van der Waals surface area contributed by atoms with E-state index in [-0.39, 0.29) is 17.5 Å². The number of carboxylic acids is 1. The molecule has 0 aromatic carbocycles. The zero-order valence-electron chi connectivity index (χ0n) is 10.4. The molecule has 0 bridgehead atoms. The van der Waals surface area contributed by atoms with Gasteiger partial charge >= 0.3 is 12.0 Å². The molecular formula is C12H20N2O3. The number of carbonyl (C=O) groups is 2. The van der Waals surface area contributed by atoms with Crippen LogP contribution in [0, 0.1) is 11.8 Å². The van der Waals surface area contributed by atoms with E-state index in [9.17, 15) is 9.59 Å². The average Bonchev–Trinajstić information content (AvgIpc) is 2.58. The highest BCUT2D eigenvalue weighted by atomic mass is 16.4. The third-order valence-corrected chi connectivity index (χ3v) is 4.08. The number of amides is 2. The lowest BCUT2D eigenvalue weighted by Gasteiger charge is -2.40. The van der Waals surface area contributed by atoms with Crippen LogP contribution in [0.3, 0.4) is 0 Å². The van der Waals surface area contributed by atoms with Gasteiger partial charge in [0.25, 0.3) is 0 Å². The molecule has 5 nitrogen and oxygen atoms in total. The summed E-state index contributed by atoms with van der Waals surface area (Å²) in [7, 11) is 0. The number of carbonyl (C=O) groups excluding carboxylic acids is 1. The summed E-state index contributed by atoms with van der Waals surface area (Å²) >= 11 is 0. The van der Waals surface area contributed by atoms with Crippen LogP contribution in [0.5, 0.6) is 0 Å². The van der Waals surface area contributed by atoms with Gasteiger partial charge in [-0.05, 0) is 32.1 Å². The molecule has 0 unspecified atom stereocenters. The number of aliphatic carboxylic acids is 1. The highest BCUT2D eigenvalue weighted by Gasteiger charge is 2.40. The number of nitrogens with one attached hydrogen (secondary N) is 1. The molecule has 5 heteroatoms. The van der Waals surface area contributed by atoms with Crippen LogP contribution in [0.2, 0.25) is 0 Å². The summed E-state index contributed by atoms with van der Waals surface area (Å²) in [5, 5.41) is 12.0. The molecule has 17 heavy (non-hydrogen) atoms. The second kappa shape index (κ2) is 4.20. The van der Waals surface area contributed by atoms with E-state index >= 15 is 0 Å². The van der Waals surface area contributed by atoms with E-state index in [0.717, 1.165) is 19.3 Å². The molecule has 1 aliphatic heterocycles. The third-order valence-electron chi connectivity index (χ3n) is 4.08. The molecule has 0 radical (unpaired) electrons. The highest BCUT2D eigenvalue weighted by molar-refractivity contribution is 5.78. The van der Waals surface area contributed by atoms with Crippen LogP contribution >= 0.6 is 0 Å². The first kappa shape index (κ1) is 12.2. The highest BCUT2D eigenvalue weighted by Crippen LogP contribution is 2.31. The summed E-state index contributed by atoms with van der Waals surface area (Å²) in [4.78, 5) is 24.6. The third kappa shape index (κ3) is 2.37. The van der Waals surface area contributed by atoms with E-state index < -0.39 is 11.9 Å². The summed E-state index contributed by atoms with van der Waals surface area (Å²) in [6.45, 7) is 4.80. The van der Waals surface area contributed by atoms with Gasteiger partial charge in [0.1, 0.15) is 0 Å². The van der Waals surface area contributed by atoms with Crippen molar-refractivity contribution >= 4 is 12.0 Å². The normalized spacial score (nSPS) is 30.8. The summed E-state index contributed by atoms with van der Waals surface area (Å²) in [6, 6.07) is -0.109. The molecule has 2 N–H and O–H groups in total. The van der Waals surface area contributed by atoms with E-state index in [2.05, 4.69) is 5.32 Å². The largest absolute Gasteiger partial charge is 0.481 e. The average molecular weight is 240 g/mol. The Bertz CT molecular complexity index is 339. The Kier molecular flexibility index (Phi) is 3.02. The van der Waals surface area contributed by atoms with E-state index in [0.29, 0.717) is 13.1 Å². The summed E-state index contributed by atoms with van der Waals surface area (Å²) in [6.07, 6.45) is 3.19. The van der Waals surface area contributed by atoms with E-state index in [1.807, 2.05) is 13.8 Å². The van der Waals surface area contributed by atoms with Gasteiger partial charge in [-0.3, -0.25) is 4.79 Å². The second-order valence-electron chi connectivity index (χ2n) is 5.67. The lowest BCUT2D eigenvalue weighted by Crippen LogP contribution is -2.54. The zero-order valence-corrected chi connectivity index (χ0v) is 10.4. The van der Waals surface area contributed by atoms with Gasteiger partial charge in [0.05, 0.1) is 5.92 Å². The molecule has 0 spiro atoms. The molecule has 2 rings (SSSR count). The quantitative estimate of drug-likeness (QED) is 0.764. The zero-order chi connectivity index (χ0) is 12.6. The first-order chi connectivity index (χ1) is 7.91. The van der Waals surface area contributed by atoms with E-state index in [4.69, 9.17) is 5.11 Å². The van der Waals surface area contributed by atoms with Crippen molar-refractivity contribution in [3.8, 4) is 0 Å². The van der Waals surface area contributed by atoms with Gasteiger partial charge in [-0.15, -0.1) is 0 Å². The Morgan fingerprint density at radius 1 is 1.35 bits per heavy atom. The van der Waals surface area contributed by atoms with Crippen LogP contribution in [-0.4, -0.2) is 40.6 Å². The fourth-order valence-electron chi connectivity index (χ4n) is 2.62. The first-order valence-electron chi connectivity index (χ1n) is 6.21. The number of rotatable bonds is 2. The predicted octanol–water partition coefficient (Wildman–Crippen LogP) is 1.29. The van der Waals surface area contributed by atoms with Crippen molar-refractivity contribution in [3.63, 3.8) is 0 Å². The molecule has 2 aliphatic rings. The van der Waals surface area contributed by atoms with Crippen molar-refractivity contribution in [2.75, 3.05) is 13.1 Å². The van der Waals surface area contributed by atoms with Gasteiger partial charge in [-0.25, -0.2) is 4.79 Å². The fraction of sp³-hybridized carbons (Fsp3) is 0.833. The van der Waals surface area contributed by atoms with Crippen LogP contribution in [0.1, 0.15) is 33.1 Å².